The van der Waals surface area contributed by atoms with E-state index in [1.165, 1.54) is 44.8 Å². The standard InChI is InChI=1S/C15H22O2/c1-3-7-13(15(16)17-2)14-10-11-8-5-4-6-9-12(11)14/h3,11-12H,1,4-10H2,2H3/b14-13-. The predicted octanol–water partition coefficient (Wildman–Crippen LogP) is 3.63. The van der Waals surface area contributed by atoms with Crippen LogP contribution in [-0.4, -0.2) is 13.1 Å². The van der Waals surface area contributed by atoms with Gasteiger partial charge in [-0.15, -0.1) is 6.58 Å². The minimum absolute atomic E-state index is 0.150. The molecule has 0 aromatic heterocycles. The van der Waals surface area contributed by atoms with Crippen LogP contribution in [0.1, 0.15) is 44.9 Å². The molecule has 2 saturated carbocycles. The molecule has 0 spiro atoms. The molecule has 2 unspecified atom stereocenters. The van der Waals surface area contributed by atoms with Crippen LogP contribution < -0.4 is 0 Å². The molecule has 0 aromatic carbocycles. The largest absolute Gasteiger partial charge is 0.466 e. The lowest BCUT2D eigenvalue weighted by Gasteiger charge is -2.40. The lowest BCUT2D eigenvalue weighted by molar-refractivity contribution is -0.136. The van der Waals surface area contributed by atoms with E-state index in [0.29, 0.717) is 12.3 Å². The SMILES string of the molecule is C=CC/C(C(=O)OC)=C1\CC2CCCCCC12. The molecule has 2 heteroatoms. The molecule has 0 heterocycles. The Morgan fingerprint density at radius 2 is 2.18 bits per heavy atom. The van der Waals surface area contributed by atoms with E-state index in [2.05, 4.69) is 6.58 Å². The van der Waals surface area contributed by atoms with Gasteiger partial charge in [-0.1, -0.05) is 30.9 Å². The number of rotatable bonds is 3. The van der Waals surface area contributed by atoms with Crippen molar-refractivity contribution < 1.29 is 9.53 Å². The number of hydrogen-bond acceptors (Lipinski definition) is 2. The Bertz CT molecular complexity index is 341. The number of methoxy groups -OCH3 is 1. The van der Waals surface area contributed by atoms with Crippen LogP contribution in [0.25, 0.3) is 0 Å². The van der Waals surface area contributed by atoms with Gasteiger partial charge in [0.15, 0.2) is 0 Å². The third-order valence-electron chi connectivity index (χ3n) is 4.26. The Balaban J connectivity index is 2.17. The fourth-order valence-electron chi connectivity index (χ4n) is 3.32. The maximum Gasteiger partial charge on any atom is 0.334 e. The Hall–Kier alpha value is -1.05. The van der Waals surface area contributed by atoms with Crippen LogP contribution in [-0.2, 0) is 9.53 Å². The Labute approximate surface area is 104 Å². The molecule has 0 N–H and O–H groups in total. The van der Waals surface area contributed by atoms with Crippen molar-refractivity contribution in [3.05, 3.63) is 23.8 Å². The van der Waals surface area contributed by atoms with E-state index < -0.39 is 0 Å². The van der Waals surface area contributed by atoms with Crippen molar-refractivity contribution in [3.8, 4) is 0 Å². The van der Waals surface area contributed by atoms with Crippen molar-refractivity contribution in [2.45, 2.75) is 44.9 Å². The molecule has 2 aliphatic carbocycles. The first-order valence-electron chi connectivity index (χ1n) is 6.69. The molecule has 0 radical (unpaired) electrons. The van der Waals surface area contributed by atoms with E-state index >= 15 is 0 Å². The summed E-state index contributed by atoms with van der Waals surface area (Å²) >= 11 is 0. The molecule has 0 amide bonds. The zero-order valence-corrected chi connectivity index (χ0v) is 10.7. The summed E-state index contributed by atoms with van der Waals surface area (Å²) in [6.07, 6.45) is 10.2. The molecule has 94 valence electrons. The summed E-state index contributed by atoms with van der Waals surface area (Å²) < 4.78 is 4.89. The molecule has 2 nitrogen and oxygen atoms in total. The lowest BCUT2D eigenvalue weighted by atomic mass is 9.65. The third kappa shape index (κ3) is 2.46. The van der Waals surface area contributed by atoms with Crippen LogP contribution >= 0.6 is 0 Å². The summed E-state index contributed by atoms with van der Waals surface area (Å²) in [5, 5.41) is 0. The van der Waals surface area contributed by atoms with Gasteiger partial charge < -0.3 is 4.74 Å². The monoisotopic (exact) mass is 234 g/mol. The minimum atomic E-state index is -0.150. The van der Waals surface area contributed by atoms with Gasteiger partial charge in [0.25, 0.3) is 0 Å². The lowest BCUT2D eigenvalue weighted by Crippen LogP contribution is -2.31. The number of esters is 1. The number of allylic oxidation sites excluding steroid dienone is 2. The maximum atomic E-state index is 11.8. The van der Waals surface area contributed by atoms with E-state index in [4.69, 9.17) is 4.74 Å². The molecule has 2 atom stereocenters. The van der Waals surface area contributed by atoms with Gasteiger partial charge in [-0.2, -0.15) is 0 Å². The summed E-state index contributed by atoms with van der Waals surface area (Å²) in [6, 6.07) is 0. The molecule has 0 aliphatic heterocycles. The van der Waals surface area contributed by atoms with Gasteiger partial charge in [-0.3, -0.25) is 0 Å². The molecule has 0 bridgehead atoms. The van der Waals surface area contributed by atoms with Gasteiger partial charge in [-0.05, 0) is 37.5 Å². The van der Waals surface area contributed by atoms with Gasteiger partial charge in [0, 0.05) is 5.57 Å². The van der Waals surface area contributed by atoms with Gasteiger partial charge in [-0.25, -0.2) is 4.79 Å². The second-order valence-corrected chi connectivity index (χ2v) is 5.20. The molecule has 0 aromatic rings. The molecule has 2 aliphatic rings. The van der Waals surface area contributed by atoms with E-state index in [1.807, 2.05) is 6.08 Å². The third-order valence-corrected chi connectivity index (χ3v) is 4.26. The van der Waals surface area contributed by atoms with Crippen molar-refractivity contribution >= 4 is 5.97 Å². The highest BCUT2D eigenvalue weighted by atomic mass is 16.5. The summed E-state index contributed by atoms with van der Waals surface area (Å²) in [6.45, 7) is 3.74. The van der Waals surface area contributed by atoms with E-state index in [0.717, 1.165) is 17.9 Å². The Kier molecular flexibility index (Phi) is 4.03. The topological polar surface area (TPSA) is 26.3 Å². The van der Waals surface area contributed by atoms with Gasteiger partial charge >= 0.3 is 5.97 Å². The summed E-state index contributed by atoms with van der Waals surface area (Å²) in [5.74, 6) is 1.34. The summed E-state index contributed by atoms with van der Waals surface area (Å²) in [4.78, 5) is 11.8. The predicted molar refractivity (Wildman–Crippen MR) is 68.5 cm³/mol. The highest BCUT2D eigenvalue weighted by molar-refractivity contribution is 5.90. The fourth-order valence-corrected chi connectivity index (χ4v) is 3.32. The average Bonchev–Trinajstić information content (AvgIpc) is 2.50. The molecular weight excluding hydrogens is 212 g/mol. The maximum absolute atomic E-state index is 11.8. The number of carbonyl (C=O) groups is 1. The first-order valence-corrected chi connectivity index (χ1v) is 6.69. The Morgan fingerprint density at radius 3 is 2.88 bits per heavy atom. The zero-order valence-electron chi connectivity index (χ0n) is 10.7. The van der Waals surface area contributed by atoms with Crippen LogP contribution in [0.3, 0.4) is 0 Å². The quantitative estimate of drug-likeness (QED) is 0.423. The average molecular weight is 234 g/mol. The number of ether oxygens (including phenoxy) is 1. The zero-order chi connectivity index (χ0) is 12.3. The second kappa shape index (κ2) is 5.52. The van der Waals surface area contributed by atoms with Crippen LogP contribution in [0.15, 0.2) is 23.8 Å². The van der Waals surface area contributed by atoms with Crippen molar-refractivity contribution in [2.75, 3.05) is 7.11 Å². The first kappa shape index (κ1) is 12.4. The Morgan fingerprint density at radius 1 is 1.41 bits per heavy atom. The van der Waals surface area contributed by atoms with Crippen molar-refractivity contribution in [1.29, 1.82) is 0 Å². The molecule has 17 heavy (non-hydrogen) atoms. The highest BCUT2D eigenvalue weighted by Gasteiger charge is 2.39. The number of hydrogen-bond donors (Lipinski definition) is 0. The summed E-state index contributed by atoms with van der Waals surface area (Å²) in [7, 11) is 1.47. The van der Waals surface area contributed by atoms with E-state index in [1.54, 1.807) is 0 Å². The van der Waals surface area contributed by atoms with E-state index in [-0.39, 0.29) is 5.97 Å². The van der Waals surface area contributed by atoms with Gasteiger partial charge in [0.05, 0.1) is 7.11 Å². The van der Waals surface area contributed by atoms with Crippen LogP contribution in [0.5, 0.6) is 0 Å². The fraction of sp³-hybridized carbons (Fsp3) is 0.667. The van der Waals surface area contributed by atoms with Crippen LogP contribution in [0.2, 0.25) is 0 Å². The molecule has 2 fully saturated rings. The van der Waals surface area contributed by atoms with Crippen molar-refractivity contribution in [3.63, 3.8) is 0 Å². The minimum Gasteiger partial charge on any atom is -0.466 e. The van der Waals surface area contributed by atoms with E-state index in [9.17, 15) is 4.79 Å². The van der Waals surface area contributed by atoms with Crippen LogP contribution in [0.4, 0.5) is 0 Å². The molecule has 2 rings (SSSR count). The summed E-state index contributed by atoms with van der Waals surface area (Å²) in [5.41, 5.74) is 2.24. The molecular formula is C15H22O2. The normalized spacial score (nSPS) is 30.6. The van der Waals surface area contributed by atoms with Crippen molar-refractivity contribution in [1.82, 2.24) is 0 Å². The highest BCUT2D eigenvalue weighted by Crippen LogP contribution is 2.49. The second-order valence-electron chi connectivity index (χ2n) is 5.20. The number of carbonyl (C=O) groups excluding carboxylic acids is 1. The smallest absolute Gasteiger partial charge is 0.334 e. The van der Waals surface area contributed by atoms with Crippen molar-refractivity contribution in [2.24, 2.45) is 11.8 Å². The molecule has 0 saturated heterocycles. The van der Waals surface area contributed by atoms with Gasteiger partial charge in [0.1, 0.15) is 0 Å². The van der Waals surface area contributed by atoms with Crippen LogP contribution in [0, 0.1) is 11.8 Å². The number of fused-ring (bicyclic) bond motifs is 1. The first-order chi connectivity index (χ1) is 8.27. The van der Waals surface area contributed by atoms with Gasteiger partial charge in [0.2, 0.25) is 0 Å².